The summed E-state index contributed by atoms with van der Waals surface area (Å²) in [5.74, 6) is 1.05. The number of hydrogen-bond donors (Lipinski definition) is 2. The molecular weight excluding hydrogens is 354 g/mol. The number of aliphatic hydroxyl groups excluding tert-OH is 1. The van der Waals surface area contributed by atoms with E-state index in [-0.39, 0.29) is 11.3 Å². The van der Waals surface area contributed by atoms with E-state index < -0.39 is 5.63 Å². The van der Waals surface area contributed by atoms with Crippen LogP contribution in [0.1, 0.15) is 5.56 Å². The monoisotopic (exact) mass is 371 g/mol. The van der Waals surface area contributed by atoms with Gasteiger partial charge in [0.2, 0.25) is 0 Å². The molecule has 0 aliphatic carbocycles. The average Bonchev–Trinajstić information content (AvgIpc) is 2.73. The fraction of sp³-hybridized carbons (Fsp3) is 0. The zero-order chi connectivity index (χ0) is 19.3. The zero-order valence-electron chi connectivity index (χ0n) is 14.8. The van der Waals surface area contributed by atoms with Gasteiger partial charge < -0.3 is 19.6 Å². The molecule has 2 N–H and O–H groups in total. The van der Waals surface area contributed by atoms with Gasteiger partial charge in [-0.1, -0.05) is 48.5 Å². The van der Waals surface area contributed by atoms with Crippen molar-refractivity contribution < 1.29 is 14.3 Å². The summed E-state index contributed by atoms with van der Waals surface area (Å²) >= 11 is 0. The van der Waals surface area contributed by atoms with Crippen molar-refractivity contribution in [2.24, 2.45) is 0 Å². The van der Waals surface area contributed by atoms with Gasteiger partial charge in [-0.2, -0.15) is 0 Å². The van der Waals surface area contributed by atoms with Crippen molar-refractivity contribution >= 4 is 22.4 Å². The molecule has 0 saturated carbocycles. The Morgan fingerprint density at radius 2 is 1.64 bits per heavy atom. The van der Waals surface area contributed by atoms with Gasteiger partial charge in [0.15, 0.2) is 5.75 Å². The van der Waals surface area contributed by atoms with E-state index in [0.717, 1.165) is 5.39 Å². The fourth-order valence-corrected chi connectivity index (χ4v) is 2.75. The molecule has 1 aromatic heterocycles. The molecule has 0 saturated heterocycles. The Hall–Kier alpha value is -3.99. The molecule has 4 aromatic rings. The number of aliphatic hydroxyl groups is 1. The summed E-state index contributed by atoms with van der Waals surface area (Å²) in [6.45, 7) is 0. The van der Waals surface area contributed by atoms with Crippen molar-refractivity contribution in [2.45, 2.75) is 0 Å². The lowest BCUT2D eigenvalue weighted by Crippen LogP contribution is -2.07. The number of fused-ring (bicyclic) bond motifs is 1. The first kappa shape index (κ1) is 17.4. The van der Waals surface area contributed by atoms with Crippen LogP contribution in [0.3, 0.4) is 0 Å². The van der Waals surface area contributed by atoms with Crippen LogP contribution in [0.5, 0.6) is 11.5 Å². The number of benzene rings is 3. The number of rotatable bonds is 5. The van der Waals surface area contributed by atoms with Crippen LogP contribution < -0.4 is 15.7 Å². The van der Waals surface area contributed by atoms with Gasteiger partial charge >= 0.3 is 5.63 Å². The van der Waals surface area contributed by atoms with Crippen molar-refractivity contribution in [1.29, 1.82) is 0 Å². The Balaban J connectivity index is 1.61. The van der Waals surface area contributed by atoms with Crippen molar-refractivity contribution in [3.8, 4) is 11.5 Å². The minimum atomic E-state index is -0.608. The second kappa shape index (κ2) is 7.72. The summed E-state index contributed by atoms with van der Waals surface area (Å²) in [5, 5.41) is 14.1. The number of hydrogen-bond acceptors (Lipinski definition) is 5. The first-order valence-corrected chi connectivity index (χ1v) is 8.71. The maximum atomic E-state index is 12.2. The van der Waals surface area contributed by atoms with Crippen molar-refractivity contribution in [1.82, 2.24) is 0 Å². The Labute approximate surface area is 161 Å². The topological polar surface area (TPSA) is 71.7 Å². The molecule has 5 heteroatoms. The maximum absolute atomic E-state index is 12.2. The van der Waals surface area contributed by atoms with E-state index in [4.69, 9.17) is 9.15 Å². The zero-order valence-corrected chi connectivity index (χ0v) is 14.8. The number of nitrogens with one attached hydrogen (secondary N) is 1. The standard InChI is InChI=1S/C23H17NO4/c25-20(18-14-16-8-4-6-12-21(16)28-23(18)26)15-24-19-11-5-7-13-22(19)27-17-9-2-1-3-10-17/h1-15,24-25H/b20-15-. The molecule has 1 heterocycles. The van der Waals surface area contributed by atoms with Gasteiger partial charge in [-0.05, 0) is 36.4 Å². The summed E-state index contributed by atoms with van der Waals surface area (Å²) < 4.78 is 11.1. The molecule has 0 aliphatic heterocycles. The van der Waals surface area contributed by atoms with Gasteiger partial charge in [-0.25, -0.2) is 4.79 Å². The lowest BCUT2D eigenvalue weighted by molar-refractivity contribution is 0.484. The Kier molecular flexibility index (Phi) is 4.80. The summed E-state index contributed by atoms with van der Waals surface area (Å²) in [6.07, 6.45) is 1.34. The minimum Gasteiger partial charge on any atom is -0.506 e. The van der Waals surface area contributed by atoms with E-state index in [0.29, 0.717) is 22.8 Å². The smallest absolute Gasteiger partial charge is 0.347 e. The quantitative estimate of drug-likeness (QED) is 0.355. The predicted octanol–water partition coefficient (Wildman–Crippen LogP) is 5.55. The number of ether oxygens (including phenoxy) is 1. The Morgan fingerprint density at radius 3 is 2.50 bits per heavy atom. The van der Waals surface area contributed by atoms with E-state index >= 15 is 0 Å². The second-order valence-electron chi connectivity index (χ2n) is 6.07. The highest BCUT2D eigenvalue weighted by molar-refractivity contribution is 5.79. The summed E-state index contributed by atoms with van der Waals surface area (Å²) in [5.41, 5.74) is 0.581. The molecule has 0 spiro atoms. The van der Waals surface area contributed by atoms with Crippen LogP contribution in [0.25, 0.3) is 16.7 Å². The molecule has 0 atom stereocenters. The predicted molar refractivity (Wildman–Crippen MR) is 110 cm³/mol. The molecule has 0 aliphatic rings. The molecule has 0 unspecified atom stereocenters. The summed E-state index contributed by atoms with van der Waals surface area (Å²) in [7, 11) is 0. The first-order chi connectivity index (χ1) is 13.7. The lowest BCUT2D eigenvalue weighted by Gasteiger charge is -2.11. The number of para-hydroxylation sites is 4. The van der Waals surface area contributed by atoms with E-state index in [9.17, 15) is 9.90 Å². The average molecular weight is 371 g/mol. The van der Waals surface area contributed by atoms with Crippen LogP contribution in [0, 0.1) is 0 Å². The maximum Gasteiger partial charge on any atom is 0.347 e. The van der Waals surface area contributed by atoms with Crippen LogP contribution in [0.2, 0.25) is 0 Å². The van der Waals surface area contributed by atoms with Gasteiger partial charge in [0, 0.05) is 11.6 Å². The molecule has 5 nitrogen and oxygen atoms in total. The van der Waals surface area contributed by atoms with Gasteiger partial charge in [0.25, 0.3) is 0 Å². The molecular formula is C23H17NO4. The molecule has 28 heavy (non-hydrogen) atoms. The minimum absolute atomic E-state index is 0.0765. The highest BCUT2D eigenvalue weighted by Gasteiger charge is 2.10. The second-order valence-corrected chi connectivity index (χ2v) is 6.07. The van der Waals surface area contributed by atoms with E-state index in [1.807, 2.05) is 66.7 Å². The highest BCUT2D eigenvalue weighted by Crippen LogP contribution is 2.29. The number of anilines is 1. The highest BCUT2D eigenvalue weighted by atomic mass is 16.5. The fourth-order valence-electron chi connectivity index (χ4n) is 2.75. The first-order valence-electron chi connectivity index (χ1n) is 8.71. The van der Waals surface area contributed by atoms with Gasteiger partial charge in [-0.3, -0.25) is 0 Å². The van der Waals surface area contributed by atoms with Crippen LogP contribution in [0.15, 0.2) is 100 Å². The van der Waals surface area contributed by atoms with Gasteiger partial charge in [0.05, 0.1) is 5.69 Å². The van der Waals surface area contributed by atoms with Crippen molar-refractivity contribution in [3.63, 3.8) is 0 Å². The molecule has 0 amide bonds. The Morgan fingerprint density at radius 1 is 0.929 bits per heavy atom. The van der Waals surface area contributed by atoms with Crippen LogP contribution in [-0.2, 0) is 0 Å². The van der Waals surface area contributed by atoms with E-state index in [1.165, 1.54) is 6.20 Å². The van der Waals surface area contributed by atoms with E-state index in [1.54, 1.807) is 18.2 Å². The van der Waals surface area contributed by atoms with Gasteiger partial charge in [0.1, 0.15) is 22.7 Å². The van der Waals surface area contributed by atoms with Crippen molar-refractivity contribution in [3.05, 3.63) is 107 Å². The normalized spacial score (nSPS) is 11.4. The molecule has 3 aromatic carbocycles. The summed E-state index contributed by atoms with van der Waals surface area (Å²) in [4.78, 5) is 12.2. The molecule has 4 rings (SSSR count). The van der Waals surface area contributed by atoms with Crippen LogP contribution >= 0.6 is 0 Å². The summed E-state index contributed by atoms with van der Waals surface area (Å²) in [6, 6.07) is 25.4. The molecule has 0 radical (unpaired) electrons. The van der Waals surface area contributed by atoms with E-state index in [2.05, 4.69) is 5.32 Å². The van der Waals surface area contributed by atoms with Crippen LogP contribution in [0.4, 0.5) is 5.69 Å². The van der Waals surface area contributed by atoms with Crippen molar-refractivity contribution in [2.75, 3.05) is 5.32 Å². The SMILES string of the molecule is O=c1oc2ccccc2cc1/C(O)=C/Nc1ccccc1Oc1ccccc1. The third kappa shape index (κ3) is 3.73. The molecule has 138 valence electrons. The lowest BCUT2D eigenvalue weighted by atomic mass is 10.1. The Bertz CT molecular complexity index is 1200. The molecule has 0 fully saturated rings. The van der Waals surface area contributed by atoms with Crippen LogP contribution in [-0.4, -0.2) is 5.11 Å². The largest absolute Gasteiger partial charge is 0.506 e. The third-order valence-electron chi connectivity index (χ3n) is 4.14. The third-order valence-corrected chi connectivity index (χ3v) is 4.14. The molecule has 0 bridgehead atoms. The van der Waals surface area contributed by atoms with Gasteiger partial charge in [-0.15, -0.1) is 0 Å².